The van der Waals surface area contributed by atoms with Crippen LogP contribution in [0.15, 0.2) is 12.3 Å². The van der Waals surface area contributed by atoms with E-state index in [-0.39, 0.29) is 11.4 Å². The summed E-state index contributed by atoms with van der Waals surface area (Å²) in [6.07, 6.45) is 1.40. The Morgan fingerprint density at radius 3 is 2.79 bits per heavy atom. The smallest absolute Gasteiger partial charge is 0.354 e. The predicted octanol–water partition coefficient (Wildman–Crippen LogP) is 0.870. The number of hydrogen-bond acceptors (Lipinski definition) is 4. The molecule has 0 saturated heterocycles. The van der Waals surface area contributed by atoms with E-state index >= 15 is 0 Å². The van der Waals surface area contributed by atoms with Gasteiger partial charge in [0.25, 0.3) is 0 Å². The molecule has 0 radical (unpaired) electrons. The van der Waals surface area contributed by atoms with Crippen LogP contribution in [0.4, 0.5) is 0 Å². The predicted molar refractivity (Wildman–Crippen MR) is 50.6 cm³/mol. The van der Waals surface area contributed by atoms with Gasteiger partial charge in [0.1, 0.15) is 5.69 Å². The van der Waals surface area contributed by atoms with Crippen molar-refractivity contribution in [2.24, 2.45) is 0 Å². The van der Waals surface area contributed by atoms with Crippen molar-refractivity contribution >= 4 is 25.7 Å². The standard InChI is InChI=1S/C7H8ClNO4S/c1-13-7(10)6-2-5(3-9-6)4-14(8,11)12/h2-3,9H,4H2,1H3. The summed E-state index contributed by atoms with van der Waals surface area (Å²) >= 11 is 0. The van der Waals surface area contributed by atoms with Crippen molar-refractivity contribution in [3.05, 3.63) is 23.5 Å². The average Bonchev–Trinajstić information content (AvgIpc) is 2.48. The molecule has 5 nitrogen and oxygen atoms in total. The second kappa shape index (κ2) is 4.02. The molecule has 0 aliphatic heterocycles. The van der Waals surface area contributed by atoms with Crippen molar-refractivity contribution in [3.8, 4) is 0 Å². The van der Waals surface area contributed by atoms with Crippen LogP contribution in [0.3, 0.4) is 0 Å². The monoisotopic (exact) mass is 237 g/mol. The molecule has 0 atom stereocenters. The lowest BCUT2D eigenvalue weighted by Crippen LogP contribution is -2.00. The molecule has 14 heavy (non-hydrogen) atoms. The highest BCUT2D eigenvalue weighted by atomic mass is 35.7. The van der Waals surface area contributed by atoms with E-state index in [1.54, 1.807) is 0 Å². The third kappa shape index (κ3) is 3.04. The Morgan fingerprint density at radius 2 is 2.29 bits per heavy atom. The number of methoxy groups -OCH3 is 1. The van der Waals surface area contributed by atoms with Crippen molar-refractivity contribution in [1.29, 1.82) is 0 Å². The highest BCUT2D eigenvalue weighted by Gasteiger charge is 2.12. The first-order chi connectivity index (χ1) is 6.42. The normalized spacial score (nSPS) is 11.3. The number of H-pyrrole nitrogens is 1. The first-order valence-corrected chi connectivity index (χ1v) is 6.08. The fourth-order valence-corrected chi connectivity index (χ4v) is 1.89. The first-order valence-electron chi connectivity index (χ1n) is 3.60. The minimum Gasteiger partial charge on any atom is -0.464 e. The summed E-state index contributed by atoms with van der Waals surface area (Å²) in [5.74, 6) is -0.870. The largest absolute Gasteiger partial charge is 0.464 e. The van der Waals surface area contributed by atoms with E-state index in [1.807, 2.05) is 0 Å². The number of rotatable bonds is 3. The number of carbonyl (C=O) groups excluding carboxylic acids is 1. The number of esters is 1. The number of ether oxygens (including phenoxy) is 1. The number of halogens is 1. The highest BCUT2D eigenvalue weighted by molar-refractivity contribution is 8.13. The van der Waals surface area contributed by atoms with Gasteiger partial charge in [0.15, 0.2) is 0 Å². The molecule has 0 saturated carbocycles. The summed E-state index contributed by atoms with van der Waals surface area (Å²) in [6.45, 7) is 0. The Hall–Kier alpha value is -1.01. The van der Waals surface area contributed by atoms with Gasteiger partial charge in [-0.3, -0.25) is 0 Å². The molecular formula is C7H8ClNO4S. The van der Waals surface area contributed by atoms with E-state index in [9.17, 15) is 13.2 Å². The van der Waals surface area contributed by atoms with Gasteiger partial charge in [-0.1, -0.05) is 0 Å². The lowest BCUT2D eigenvalue weighted by atomic mass is 10.3. The third-order valence-electron chi connectivity index (χ3n) is 1.49. The minimum atomic E-state index is -3.60. The third-order valence-corrected chi connectivity index (χ3v) is 2.49. The van der Waals surface area contributed by atoms with E-state index in [1.165, 1.54) is 19.4 Å². The van der Waals surface area contributed by atoms with E-state index in [0.29, 0.717) is 5.56 Å². The van der Waals surface area contributed by atoms with Gasteiger partial charge in [-0.05, 0) is 11.6 Å². The summed E-state index contributed by atoms with van der Waals surface area (Å²) in [7, 11) is 2.67. The van der Waals surface area contributed by atoms with Gasteiger partial charge in [-0.25, -0.2) is 13.2 Å². The molecule has 0 aromatic carbocycles. The molecule has 1 aromatic rings. The summed E-state index contributed by atoms with van der Waals surface area (Å²) in [5.41, 5.74) is 0.614. The zero-order chi connectivity index (χ0) is 10.8. The quantitative estimate of drug-likeness (QED) is 0.625. The Bertz CT molecular complexity index is 436. The Morgan fingerprint density at radius 1 is 1.64 bits per heavy atom. The van der Waals surface area contributed by atoms with E-state index < -0.39 is 15.0 Å². The molecule has 0 amide bonds. The molecule has 0 aliphatic carbocycles. The van der Waals surface area contributed by atoms with E-state index in [2.05, 4.69) is 9.72 Å². The number of aromatic amines is 1. The zero-order valence-corrected chi connectivity index (χ0v) is 8.85. The van der Waals surface area contributed by atoms with Gasteiger partial charge in [0, 0.05) is 16.9 Å². The van der Waals surface area contributed by atoms with Crippen LogP contribution in [0.2, 0.25) is 0 Å². The molecule has 78 valence electrons. The van der Waals surface area contributed by atoms with Gasteiger partial charge in [-0.15, -0.1) is 0 Å². The van der Waals surface area contributed by atoms with Gasteiger partial charge in [-0.2, -0.15) is 0 Å². The Kier molecular flexibility index (Phi) is 3.17. The molecule has 0 aliphatic rings. The minimum absolute atomic E-state index is 0.197. The van der Waals surface area contributed by atoms with E-state index in [0.717, 1.165) is 0 Å². The summed E-state index contributed by atoms with van der Waals surface area (Å²) in [5, 5.41) is 0. The van der Waals surface area contributed by atoms with Crippen LogP contribution >= 0.6 is 10.7 Å². The molecule has 1 aromatic heterocycles. The lowest BCUT2D eigenvalue weighted by molar-refractivity contribution is 0.0595. The van der Waals surface area contributed by atoms with Gasteiger partial charge >= 0.3 is 5.97 Å². The van der Waals surface area contributed by atoms with Crippen molar-refractivity contribution in [2.45, 2.75) is 5.75 Å². The molecule has 1 N–H and O–H groups in total. The highest BCUT2D eigenvalue weighted by Crippen LogP contribution is 2.11. The molecule has 0 fully saturated rings. The van der Waals surface area contributed by atoms with Crippen molar-refractivity contribution < 1.29 is 17.9 Å². The molecule has 1 heterocycles. The first kappa shape index (κ1) is 11.1. The molecule has 7 heteroatoms. The number of aromatic nitrogens is 1. The number of carbonyl (C=O) groups is 1. The van der Waals surface area contributed by atoms with Gasteiger partial charge in [0.2, 0.25) is 9.05 Å². The van der Waals surface area contributed by atoms with Gasteiger partial charge < -0.3 is 9.72 Å². The lowest BCUT2D eigenvalue weighted by Gasteiger charge is -1.92. The maximum Gasteiger partial charge on any atom is 0.354 e. The topological polar surface area (TPSA) is 76.2 Å². The van der Waals surface area contributed by atoms with Crippen LogP contribution in [0.25, 0.3) is 0 Å². The average molecular weight is 238 g/mol. The molecule has 0 unspecified atom stereocenters. The number of hydrogen-bond donors (Lipinski definition) is 1. The molecule has 1 rings (SSSR count). The van der Waals surface area contributed by atoms with Crippen molar-refractivity contribution in [3.63, 3.8) is 0 Å². The Labute approximate surface area is 85.4 Å². The van der Waals surface area contributed by atoms with E-state index in [4.69, 9.17) is 10.7 Å². The Balaban J connectivity index is 2.84. The summed E-state index contributed by atoms with van der Waals surface area (Å²) in [6, 6.07) is 1.38. The maximum atomic E-state index is 11.0. The molecule has 0 spiro atoms. The second-order valence-electron chi connectivity index (χ2n) is 2.60. The zero-order valence-electron chi connectivity index (χ0n) is 7.28. The fraction of sp³-hybridized carbons (Fsp3) is 0.286. The number of nitrogens with one attached hydrogen (secondary N) is 1. The van der Waals surface area contributed by atoms with Crippen molar-refractivity contribution in [1.82, 2.24) is 4.98 Å². The van der Waals surface area contributed by atoms with Crippen LogP contribution < -0.4 is 0 Å². The molecule has 0 bridgehead atoms. The summed E-state index contributed by atoms with van der Waals surface area (Å²) < 4.78 is 25.8. The van der Waals surface area contributed by atoms with Crippen LogP contribution in [0.5, 0.6) is 0 Å². The summed E-state index contributed by atoms with van der Waals surface area (Å²) in [4.78, 5) is 13.5. The second-order valence-corrected chi connectivity index (χ2v) is 5.37. The fourth-order valence-electron chi connectivity index (χ4n) is 0.949. The van der Waals surface area contributed by atoms with Crippen LogP contribution in [0.1, 0.15) is 16.1 Å². The molecular weight excluding hydrogens is 230 g/mol. The van der Waals surface area contributed by atoms with Crippen LogP contribution in [-0.2, 0) is 19.5 Å². The van der Waals surface area contributed by atoms with Gasteiger partial charge in [0.05, 0.1) is 12.9 Å². The van der Waals surface area contributed by atoms with Crippen molar-refractivity contribution in [2.75, 3.05) is 7.11 Å². The van der Waals surface area contributed by atoms with Crippen LogP contribution in [0, 0.1) is 0 Å². The van der Waals surface area contributed by atoms with Crippen LogP contribution in [-0.4, -0.2) is 26.5 Å². The maximum absolute atomic E-state index is 11.0. The SMILES string of the molecule is COC(=O)c1cc(CS(=O)(=O)Cl)c[nH]1.